The van der Waals surface area contributed by atoms with Crippen LogP contribution in [0.1, 0.15) is 22.8 Å². The maximum absolute atomic E-state index is 11.8. The zero-order chi connectivity index (χ0) is 13.0. The topological polar surface area (TPSA) is 55.1 Å². The normalized spacial score (nSPS) is 10.9. The molecule has 4 heteroatoms. The smallest absolute Gasteiger partial charge is 0.189 e. The van der Waals surface area contributed by atoms with Crippen molar-refractivity contribution in [3.05, 3.63) is 53.9 Å². The van der Waals surface area contributed by atoms with Crippen LogP contribution in [0.4, 0.5) is 0 Å². The standard InChI is InChI=1S/C14H14N2O2/c1-2-16-10-11(9-15-16)7-8-14(18)12-5-3-4-6-13(12)17/h3-10,17H,2H2,1H3/b8-7+. The monoisotopic (exact) mass is 242 g/mol. The van der Waals surface area contributed by atoms with Crippen LogP contribution >= 0.6 is 0 Å². The van der Waals surface area contributed by atoms with Crippen molar-refractivity contribution in [2.45, 2.75) is 13.5 Å². The highest BCUT2D eigenvalue weighted by Crippen LogP contribution is 2.17. The van der Waals surface area contributed by atoms with Gasteiger partial charge in [-0.3, -0.25) is 9.48 Å². The lowest BCUT2D eigenvalue weighted by molar-refractivity contribution is 0.104. The largest absolute Gasteiger partial charge is 0.507 e. The summed E-state index contributed by atoms with van der Waals surface area (Å²) in [6.07, 6.45) is 6.67. The molecule has 18 heavy (non-hydrogen) atoms. The number of aromatic hydroxyl groups is 1. The van der Waals surface area contributed by atoms with Gasteiger partial charge in [-0.2, -0.15) is 5.10 Å². The highest BCUT2D eigenvalue weighted by molar-refractivity contribution is 6.08. The van der Waals surface area contributed by atoms with Crippen molar-refractivity contribution >= 4 is 11.9 Å². The molecule has 0 bridgehead atoms. The van der Waals surface area contributed by atoms with Crippen molar-refractivity contribution < 1.29 is 9.90 Å². The zero-order valence-corrected chi connectivity index (χ0v) is 10.1. The summed E-state index contributed by atoms with van der Waals surface area (Å²) in [4.78, 5) is 11.8. The lowest BCUT2D eigenvalue weighted by Gasteiger charge is -1.98. The third kappa shape index (κ3) is 2.66. The Morgan fingerprint density at radius 3 is 2.89 bits per heavy atom. The van der Waals surface area contributed by atoms with Crippen LogP contribution in [0.25, 0.3) is 6.08 Å². The van der Waals surface area contributed by atoms with E-state index in [2.05, 4.69) is 5.10 Å². The Morgan fingerprint density at radius 1 is 1.44 bits per heavy atom. The summed E-state index contributed by atoms with van der Waals surface area (Å²) >= 11 is 0. The SMILES string of the molecule is CCn1cc(/C=C/C(=O)c2ccccc2O)cn1. The fraction of sp³-hybridized carbons (Fsp3) is 0.143. The maximum Gasteiger partial charge on any atom is 0.189 e. The van der Waals surface area contributed by atoms with E-state index in [1.165, 1.54) is 12.1 Å². The van der Waals surface area contributed by atoms with Crippen LogP contribution in [-0.2, 0) is 6.54 Å². The van der Waals surface area contributed by atoms with Crippen molar-refractivity contribution in [3.63, 3.8) is 0 Å². The molecule has 0 unspecified atom stereocenters. The van der Waals surface area contributed by atoms with Crippen molar-refractivity contribution in [2.75, 3.05) is 0 Å². The van der Waals surface area contributed by atoms with Gasteiger partial charge >= 0.3 is 0 Å². The fourth-order valence-corrected chi connectivity index (χ4v) is 1.58. The second kappa shape index (κ2) is 5.31. The van der Waals surface area contributed by atoms with Gasteiger partial charge in [-0.25, -0.2) is 0 Å². The predicted molar refractivity (Wildman–Crippen MR) is 69.4 cm³/mol. The molecule has 0 radical (unpaired) electrons. The molecule has 4 nitrogen and oxygen atoms in total. The van der Waals surface area contributed by atoms with E-state index in [1.807, 2.05) is 13.1 Å². The number of aromatic nitrogens is 2. The predicted octanol–water partition coefficient (Wildman–Crippen LogP) is 2.50. The van der Waals surface area contributed by atoms with Crippen LogP contribution in [-0.4, -0.2) is 20.7 Å². The van der Waals surface area contributed by atoms with E-state index >= 15 is 0 Å². The average molecular weight is 242 g/mol. The van der Waals surface area contributed by atoms with Crippen molar-refractivity contribution in [2.24, 2.45) is 0 Å². The average Bonchev–Trinajstić information content (AvgIpc) is 2.84. The number of phenols is 1. The molecule has 1 aromatic carbocycles. The maximum atomic E-state index is 11.8. The Bertz CT molecular complexity index is 585. The first-order chi connectivity index (χ1) is 8.70. The van der Waals surface area contributed by atoms with Gasteiger partial charge in [0, 0.05) is 18.3 Å². The molecule has 0 aliphatic carbocycles. The first kappa shape index (κ1) is 12.1. The number of para-hydroxylation sites is 1. The van der Waals surface area contributed by atoms with Gasteiger partial charge < -0.3 is 5.11 Å². The molecule has 2 aromatic rings. The number of hydrogen-bond acceptors (Lipinski definition) is 3. The second-order valence-corrected chi connectivity index (χ2v) is 3.84. The van der Waals surface area contributed by atoms with E-state index in [9.17, 15) is 9.90 Å². The molecule has 0 aliphatic rings. The van der Waals surface area contributed by atoms with E-state index in [0.717, 1.165) is 12.1 Å². The third-order valence-corrected chi connectivity index (χ3v) is 2.57. The lowest BCUT2D eigenvalue weighted by atomic mass is 10.1. The second-order valence-electron chi connectivity index (χ2n) is 3.84. The summed E-state index contributed by atoms with van der Waals surface area (Å²) in [5.74, 6) is -0.228. The molecule has 1 N–H and O–H groups in total. The fourth-order valence-electron chi connectivity index (χ4n) is 1.58. The van der Waals surface area contributed by atoms with Gasteiger partial charge in [0.2, 0.25) is 0 Å². The van der Waals surface area contributed by atoms with Crippen LogP contribution in [0.2, 0.25) is 0 Å². The zero-order valence-electron chi connectivity index (χ0n) is 10.1. The number of aryl methyl sites for hydroxylation is 1. The number of carbonyl (C=O) groups excluding carboxylic acids is 1. The quantitative estimate of drug-likeness (QED) is 0.662. The van der Waals surface area contributed by atoms with Gasteiger partial charge in [-0.1, -0.05) is 12.1 Å². The Morgan fingerprint density at radius 2 is 2.22 bits per heavy atom. The first-order valence-electron chi connectivity index (χ1n) is 5.73. The first-order valence-corrected chi connectivity index (χ1v) is 5.73. The molecule has 0 fully saturated rings. The minimum Gasteiger partial charge on any atom is -0.507 e. The van der Waals surface area contributed by atoms with Crippen LogP contribution in [0.3, 0.4) is 0 Å². The Hall–Kier alpha value is -2.36. The number of hydrogen-bond donors (Lipinski definition) is 1. The molecule has 0 aliphatic heterocycles. The van der Waals surface area contributed by atoms with E-state index in [-0.39, 0.29) is 11.5 Å². The minimum atomic E-state index is -0.225. The summed E-state index contributed by atoms with van der Waals surface area (Å²) in [5, 5.41) is 13.7. The molecule has 0 atom stereocenters. The van der Waals surface area contributed by atoms with Gasteiger partial charge in [-0.15, -0.1) is 0 Å². The minimum absolute atomic E-state index is 0.00333. The Balaban J connectivity index is 2.14. The molecule has 0 spiro atoms. The summed E-state index contributed by atoms with van der Waals surface area (Å²) in [5.41, 5.74) is 1.16. The molecule has 0 saturated carbocycles. The number of allylic oxidation sites excluding steroid dienone is 1. The molecule has 0 saturated heterocycles. The highest BCUT2D eigenvalue weighted by atomic mass is 16.3. The van der Waals surface area contributed by atoms with E-state index in [4.69, 9.17) is 0 Å². The van der Waals surface area contributed by atoms with E-state index in [1.54, 1.807) is 35.2 Å². The molecule has 92 valence electrons. The summed E-state index contributed by atoms with van der Waals surface area (Å²) in [6, 6.07) is 6.49. The van der Waals surface area contributed by atoms with Crippen LogP contribution in [0.15, 0.2) is 42.7 Å². The number of ketones is 1. The van der Waals surface area contributed by atoms with Crippen molar-refractivity contribution in [3.8, 4) is 5.75 Å². The summed E-state index contributed by atoms with van der Waals surface area (Å²) < 4.78 is 1.78. The lowest BCUT2D eigenvalue weighted by Crippen LogP contribution is -1.94. The van der Waals surface area contributed by atoms with Crippen LogP contribution < -0.4 is 0 Å². The number of carbonyl (C=O) groups is 1. The van der Waals surface area contributed by atoms with E-state index in [0.29, 0.717) is 5.56 Å². The third-order valence-electron chi connectivity index (χ3n) is 2.57. The van der Waals surface area contributed by atoms with E-state index < -0.39 is 0 Å². The van der Waals surface area contributed by atoms with Crippen LogP contribution in [0, 0.1) is 0 Å². The number of benzene rings is 1. The molecule has 0 amide bonds. The van der Waals surface area contributed by atoms with Crippen molar-refractivity contribution in [1.29, 1.82) is 0 Å². The van der Waals surface area contributed by atoms with Crippen LogP contribution in [0.5, 0.6) is 5.75 Å². The highest BCUT2D eigenvalue weighted by Gasteiger charge is 2.06. The number of phenolic OH excluding ortho intramolecular Hbond substituents is 1. The number of rotatable bonds is 4. The van der Waals surface area contributed by atoms with Gasteiger partial charge in [0.1, 0.15) is 5.75 Å². The van der Waals surface area contributed by atoms with Gasteiger partial charge in [0.25, 0.3) is 0 Å². The summed E-state index contributed by atoms with van der Waals surface area (Å²) in [7, 11) is 0. The Labute approximate surface area is 105 Å². The van der Waals surface area contributed by atoms with Gasteiger partial charge in [-0.05, 0) is 31.2 Å². The molecular formula is C14H14N2O2. The Kier molecular flexibility index (Phi) is 3.57. The molecule has 2 rings (SSSR count). The molecule has 1 heterocycles. The van der Waals surface area contributed by atoms with Gasteiger partial charge in [0.15, 0.2) is 5.78 Å². The summed E-state index contributed by atoms with van der Waals surface area (Å²) in [6.45, 7) is 2.79. The van der Waals surface area contributed by atoms with Gasteiger partial charge in [0.05, 0.1) is 11.8 Å². The number of nitrogens with zero attached hydrogens (tertiary/aromatic N) is 2. The van der Waals surface area contributed by atoms with Crippen molar-refractivity contribution in [1.82, 2.24) is 9.78 Å². The molecular weight excluding hydrogens is 228 g/mol. The molecule has 1 aromatic heterocycles.